The molecule has 23 heavy (non-hydrogen) atoms. The molecule has 0 radical (unpaired) electrons. The maximum Gasteiger partial charge on any atom is 0.237 e. The average Bonchev–Trinajstić information content (AvgIpc) is 2.55. The number of benzene rings is 1. The van der Waals surface area contributed by atoms with Crippen LogP contribution in [0.2, 0.25) is 0 Å². The van der Waals surface area contributed by atoms with Gasteiger partial charge in [0.2, 0.25) is 5.91 Å². The van der Waals surface area contributed by atoms with Gasteiger partial charge in [-0.2, -0.15) is 0 Å². The minimum atomic E-state index is -0.242. The molecule has 0 aromatic heterocycles. The predicted molar refractivity (Wildman–Crippen MR) is 91.5 cm³/mol. The zero-order valence-corrected chi connectivity index (χ0v) is 14.1. The molecule has 1 unspecified atom stereocenters. The largest absolute Gasteiger partial charge is 0.354 e. The van der Waals surface area contributed by atoms with E-state index in [0.717, 1.165) is 12.0 Å². The van der Waals surface area contributed by atoms with Crippen LogP contribution in [0.4, 0.5) is 4.39 Å². The number of nitrogens with one attached hydrogen (secondary N) is 1. The van der Waals surface area contributed by atoms with Gasteiger partial charge in [0.25, 0.3) is 0 Å². The minimum Gasteiger partial charge on any atom is -0.354 e. The highest BCUT2D eigenvalue weighted by atomic mass is 19.1. The summed E-state index contributed by atoms with van der Waals surface area (Å²) < 4.78 is 13.2. The van der Waals surface area contributed by atoms with Crippen molar-refractivity contribution in [2.45, 2.75) is 51.6 Å². The number of hydrogen-bond donors (Lipinski definition) is 1. The van der Waals surface area contributed by atoms with Crippen LogP contribution in [0.15, 0.2) is 35.9 Å². The van der Waals surface area contributed by atoms with Crippen LogP contribution in [0.3, 0.4) is 0 Å². The fourth-order valence-electron chi connectivity index (χ4n) is 2.89. The van der Waals surface area contributed by atoms with Crippen molar-refractivity contribution in [3.05, 3.63) is 47.3 Å². The van der Waals surface area contributed by atoms with Crippen molar-refractivity contribution in [3.63, 3.8) is 0 Å². The number of amides is 1. The molecular weight excluding hydrogens is 291 g/mol. The zero-order valence-electron chi connectivity index (χ0n) is 14.1. The third-order valence-electron chi connectivity index (χ3n) is 4.49. The normalized spacial score (nSPS) is 16.1. The summed E-state index contributed by atoms with van der Waals surface area (Å²) in [7, 11) is 1.89. The average molecular weight is 318 g/mol. The number of nitrogens with zero attached hydrogens (tertiary/aromatic N) is 1. The number of likely N-dealkylation sites (N-methyl/N-ethyl adjacent to an activating group) is 1. The summed E-state index contributed by atoms with van der Waals surface area (Å²) in [5, 5.41) is 3.01. The monoisotopic (exact) mass is 318 g/mol. The summed E-state index contributed by atoms with van der Waals surface area (Å²) in [6, 6.07) is 6.27. The van der Waals surface area contributed by atoms with Gasteiger partial charge in [-0.3, -0.25) is 9.69 Å². The Morgan fingerprint density at radius 2 is 2.22 bits per heavy atom. The van der Waals surface area contributed by atoms with Crippen LogP contribution in [0.5, 0.6) is 0 Å². The Morgan fingerprint density at radius 3 is 2.91 bits per heavy atom. The van der Waals surface area contributed by atoms with Gasteiger partial charge in [0.05, 0.1) is 6.04 Å². The first-order valence-corrected chi connectivity index (χ1v) is 8.46. The lowest BCUT2D eigenvalue weighted by Crippen LogP contribution is -2.43. The van der Waals surface area contributed by atoms with Crippen molar-refractivity contribution in [3.8, 4) is 0 Å². The van der Waals surface area contributed by atoms with E-state index in [1.165, 1.54) is 43.4 Å². The van der Waals surface area contributed by atoms with Gasteiger partial charge >= 0.3 is 0 Å². The van der Waals surface area contributed by atoms with Crippen molar-refractivity contribution in [1.29, 1.82) is 0 Å². The summed E-state index contributed by atoms with van der Waals surface area (Å²) in [5.41, 5.74) is 2.34. The summed E-state index contributed by atoms with van der Waals surface area (Å²) in [6.45, 7) is 3.13. The van der Waals surface area contributed by atoms with Crippen molar-refractivity contribution < 1.29 is 9.18 Å². The highest BCUT2D eigenvalue weighted by Crippen LogP contribution is 2.19. The first-order chi connectivity index (χ1) is 11.1. The molecule has 3 nitrogen and oxygen atoms in total. The molecule has 0 saturated heterocycles. The van der Waals surface area contributed by atoms with Gasteiger partial charge in [0.15, 0.2) is 0 Å². The number of allylic oxidation sites excluding steroid dienone is 1. The topological polar surface area (TPSA) is 32.3 Å². The van der Waals surface area contributed by atoms with Gasteiger partial charge in [-0.1, -0.05) is 23.8 Å². The van der Waals surface area contributed by atoms with E-state index in [-0.39, 0.29) is 17.8 Å². The van der Waals surface area contributed by atoms with E-state index in [1.54, 1.807) is 6.07 Å². The Balaban J connectivity index is 1.75. The van der Waals surface area contributed by atoms with Gasteiger partial charge in [0, 0.05) is 13.1 Å². The Hall–Kier alpha value is -1.68. The fourth-order valence-corrected chi connectivity index (χ4v) is 2.89. The second kappa shape index (κ2) is 8.82. The lowest BCUT2D eigenvalue weighted by molar-refractivity contribution is -0.125. The predicted octanol–water partition coefficient (Wildman–Crippen LogP) is 3.65. The van der Waals surface area contributed by atoms with E-state index in [9.17, 15) is 9.18 Å². The Morgan fingerprint density at radius 1 is 1.39 bits per heavy atom. The molecule has 0 heterocycles. The summed E-state index contributed by atoms with van der Waals surface area (Å²) >= 11 is 0. The van der Waals surface area contributed by atoms with Gasteiger partial charge in [-0.15, -0.1) is 0 Å². The number of hydrogen-bond acceptors (Lipinski definition) is 2. The van der Waals surface area contributed by atoms with E-state index in [0.29, 0.717) is 13.1 Å². The molecule has 1 aromatic carbocycles. The second-order valence-electron chi connectivity index (χ2n) is 6.37. The standard InChI is InChI=1S/C19H27FN2O/c1-15(22(2)14-17-9-6-10-18(20)13-17)19(23)21-12-11-16-7-4-3-5-8-16/h6-7,9-10,13,15H,3-5,8,11-12,14H2,1-2H3,(H,21,23). The molecule has 1 aliphatic rings. The highest BCUT2D eigenvalue weighted by molar-refractivity contribution is 5.81. The molecule has 0 bridgehead atoms. The van der Waals surface area contributed by atoms with E-state index < -0.39 is 0 Å². The quantitative estimate of drug-likeness (QED) is 0.778. The van der Waals surface area contributed by atoms with Crippen molar-refractivity contribution in [2.75, 3.05) is 13.6 Å². The summed E-state index contributed by atoms with van der Waals surface area (Å²) in [5.74, 6) is -0.214. The van der Waals surface area contributed by atoms with Gasteiger partial charge in [-0.05, 0) is 63.8 Å². The zero-order chi connectivity index (χ0) is 16.7. The molecule has 4 heteroatoms. The van der Waals surface area contributed by atoms with Crippen molar-refractivity contribution in [2.24, 2.45) is 0 Å². The first kappa shape index (κ1) is 17.7. The maximum absolute atomic E-state index is 13.2. The molecule has 0 saturated carbocycles. The van der Waals surface area contributed by atoms with Crippen LogP contribution in [0.25, 0.3) is 0 Å². The molecule has 1 aromatic rings. The summed E-state index contributed by atoms with van der Waals surface area (Å²) in [6.07, 6.45) is 8.17. The molecule has 1 aliphatic carbocycles. The van der Waals surface area contributed by atoms with Gasteiger partial charge < -0.3 is 5.32 Å². The molecule has 126 valence electrons. The van der Waals surface area contributed by atoms with E-state index in [1.807, 2.05) is 24.9 Å². The van der Waals surface area contributed by atoms with Crippen LogP contribution >= 0.6 is 0 Å². The Kier molecular flexibility index (Phi) is 6.78. The molecule has 0 aliphatic heterocycles. The third-order valence-corrected chi connectivity index (χ3v) is 4.49. The van der Waals surface area contributed by atoms with E-state index in [4.69, 9.17) is 0 Å². The smallest absolute Gasteiger partial charge is 0.237 e. The van der Waals surface area contributed by atoms with Crippen molar-refractivity contribution in [1.82, 2.24) is 10.2 Å². The SMILES string of the molecule is CC(C(=O)NCCC1=CCCCC1)N(C)Cc1cccc(F)c1. The van der Waals surface area contributed by atoms with Crippen LogP contribution in [-0.2, 0) is 11.3 Å². The second-order valence-corrected chi connectivity index (χ2v) is 6.37. The minimum absolute atomic E-state index is 0.0281. The highest BCUT2D eigenvalue weighted by Gasteiger charge is 2.18. The number of halogens is 1. The summed E-state index contributed by atoms with van der Waals surface area (Å²) in [4.78, 5) is 14.2. The Labute approximate surface area is 138 Å². The van der Waals surface area contributed by atoms with Crippen LogP contribution in [0.1, 0.15) is 44.6 Å². The Bertz CT molecular complexity index is 556. The van der Waals surface area contributed by atoms with Crippen LogP contribution in [-0.4, -0.2) is 30.4 Å². The molecule has 1 amide bonds. The van der Waals surface area contributed by atoms with Crippen LogP contribution < -0.4 is 5.32 Å². The third kappa shape index (κ3) is 5.79. The van der Waals surface area contributed by atoms with E-state index in [2.05, 4.69) is 11.4 Å². The molecule has 0 spiro atoms. The molecule has 1 atom stereocenters. The molecule has 2 rings (SSSR count). The van der Waals surface area contributed by atoms with Crippen molar-refractivity contribution >= 4 is 5.91 Å². The molecular formula is C19H27FN2O. The van der Waals surface area contributed by atoms with Gasteiger partial charge in [-0.25, -0.2) is 4.39 Å². The number of rotatable bonds is 7. The van der Waals surface area contributed by atoms with Gasteiger partial charge in [0.1, 0.15) is 5.82 Å². The lowest BCUT2D eigenvalue weighted by Gasteiger charge is -2.24. The first-order valence-electron chi connectivity index (χ1n) is 8.46. The van der Waals surface area contributed by atoms with Crippen LogP contribution in [0, 0.1) is 5.82 Å². The number of carbonyl (C=O) groups is 1. The molecule has 0 fully saturated rings. The number of carbonyl (C=O) groups excluding carboxylic acids is 1. The maximum atomic E-state index is 13.2. The molecule has 1 N–H and O–H groups in total. The van der Waals surface area contributed by atoms with E-state index >= 15 is 0 Å². The lowest BCUT2D eigenvalue weighted by atomic mass is 9.97. The fraction of sp³-hybridized carbons (Fsp3) is 0.526.